The Morgan fingerprint density at radius 2 is 0.750 bits per heavy atom. The largest absolute Gasteiger partial charge is 0.307 e. The second kappa shape index (κ2) is 13.0. The molecular formula is C51H33N5. The Hall–Kier alpha value is -7.63. The summed E-state index contributed by atoms with van der Waals surface area (Å²) in [4.78, 5) is 13.4. The first-order chi connectivity index (χ1) is 41.1. The lowest BCUT2D eigenvalue weighted by molar-refractivity contribution is 0.953. The number of fused-ring (bicyclic) bond motifs is 7. The number of aromatic nitrogens is 5. The number of para-hydroxylation sites is 2. The molecule has 8 aromatic carbocycles. The van der Waals surface area contributed by atoms with Gasteiger partial charge in [-0.1, -0.05) is 175 Å². The van der Waals surface area contributed by atoms with Crippen molar-refractivity contribution < 1.29 is 43.9 Å². The number of hydrogen-bond donors (Lipinski definition) is 0. The van der Waals surface area contributed by atoms with Gasteiger partial charge in [0.1, 0.15) is 0 Å². The van der Waals surface area contributed by atoms with Crippen molar-refractivity contribution in [2.75, 3.05) is 0 Å². The van der Waals surface area contributed by atoms with E-state index in [0.29, 0.717) is 0 Å². The van der Waals surface area contributed by atoms with Crippen molar-refractivity contribution in [2.24, 2.45) is 0 Å². The lowest BCUT2D eigenvalue weighted by Crippen LogP contribution is -2.07. The van der Waals surface area contributed by atoms with Gasteiger partial charge in [0.05, 0.1) is 65.9 Å². The highest BCUT2D eigenvalue weighted by molar-refractivity contribution is 6.23. The smallest absolute Gasteiger partial charge is 0.238 e. The van der Waals surface area contributed by atoms with Gasteiger partial charge < -0.3 is 4.57 Å². The lowest BCUT2D eigenvalue weighted by atomic mass is 10.0. The Kier molecular flexibility index (Phi) is 3.10. The Morgan fingerprint density at radius 3 is 1.36 bits per heavy atom. The first kappa shape index (κ1) is 13.3. The summed E-state index contributed by atoms with van der Waals surface area (Å²) in [5, 5.41) is -2.49. The fourth-order valence-corrected chi connectivity index (χ4v) is 6.24. The molecule has 0 radical (unpaired) electrons. The predicted molar refractivity (Wildman–Crippen MR) is 230 cm³/mol. The third-order valence-electron chi connectivity index (χ3n) is 8.57. The average Bonchev–Trinajstić information content (AvgIpc) is 1.51. The van der Waals surface area contributed by atoms with Gasteiger partial charge in [-0.05, 0) is 46.4 Å². The van der Waals surface area contributed by atoms with Crippen molar-refractivity contribution in [2.45, 2.75) is 0 Å². The second-order valence-corrected chi connectivity index (χ2v) is 11.7. The molecule has 56 heavy (non-hydrogen) atoms. The number of nitrogens with zero attached hydrogens (tertiary/aromatic N) is 5. The molecule has 0 amide bonds. The first-order valence-corrected chi connectivity index (χ1v) is 16.3. The highest BCUT2D eigenvalue weighted by atomic mass is 15.2. The van der Waals surface area contributed by atoms with Crippen LogP contribution in [-0.2, 0) is 0 Å². The fraction of sp³-hybridized carbons (Fsp3) is 0. The average molecular weight is 748 g/mol. The van der Waals surface area contributed by atoms with Gasteiger partial charge in [-0.2, -0.15) is 9.97 Å². The van der Waals surface area contributed by atoms with Crippen LogP contribution in [0, 0.1) is 0 Å². The van der Waals surface area contributed by atoms with E-state index in [4.69, 9.17) is 27.4 Å². The summed E-state index contributed by atoms with van der Waals surface area (Å²) in [5.41, 5.74) is -8.06. The maximum Gasteiger partial charge on any atom is 0.238 e. The van der Waals surface area contributed by atoms with E-state index in [1.165, 1.54) is 0 Å². The van der Waals surface area contributed by atoms with Crippen LogP contribution >= 0.6 is 0 Å². The van der Waals surface area contributed by atoms with E-state index in [-0.39, 0.29) is 0 Å². The molecule has 0 saturated carbocycles. The van der Waals surface area contributed by atoms with Gasteiger partial charge in [0, 0.05) is 38.4 Å². The summed E-state index contributed by atoms with van der Waals surface area (Å²) in [6.45, 7) is 0. The minimum absolute atomic E-state index is 0.595. The number of benzene rings is 8. The molecule has 3 aromatic heterocycles. The second-order valence-electron chi connectivity index (χ2n) is 11.7. The molecule has 0 atom stereocenters. The van der Waals surface area contributed by atoms with Crippen LogP contribution in [0.15, 0.2) is 199 Å². The molecule has 0 fully saturated rings. The van der Waals surface area contributed by atoms with Gasteiger partial charge in [0.15, 0.2) is 11.6 Å². The summed E-state index contributed by atoms with van der Waals surface area (Å²) in [5.74, 6) is -2.96. The zero-order valence-electron chi connectivity index (χ0n) is 59.8. The molecule has 11 aromatic rings. The summed E-state index contributed by atoms with van der Waals surface area (Å²) in [7, 11) is 0. The minimum atomic E-state index is -1.10. The van der Waals surface area contributed by atoms with Crippen LogP contribution in [0.5, 0.6) is 0 Å². The van der Waals surface area contributed by atoms with E-state index in [1.54, 1.807) is 0 Å². The molecule has 0 aliphatic carbocycles. The molecule has 0 bridgehead atoms. The van der Waals surface area contributed by atoms with Crippen LogP contribution in [0.4, 0.5) is 0 Å². The summed E-state index contributed by atoms with van der Waals surface area (Å²) in [6.07, 6.45) is 0. The molecule has 11 rings (SSSR count). The van der Waals surface area contributed by atoms with E-state index in [9.17, 15) is 16.4 Å². The van der Waals surface area contributed by atoms with E-state index in [1.807, 2.05) is 0 Å². The number of rotatable bonds is 6. The van der Waals surface area contributed by atoms with E-state index >= 15 is 0 Å². The minimum Gasteiger partial charge on any atom is -0.307 e. The molecule has 0 aliphatic heterocycles. The van der Waals surface area contributed by atoms with Gasteiger partial charge in [0.2, 0.25) is 5.95 Å². The maximum absolute atomic E-state index is 9.77. The lowest BCUT2D eigenvalue weighted by Gasteiger charge is -2.14. The normalized spacial score (nSPS) is 19.6. The third-order valence-corrected chi connectivity index (χ3v) is 8.57. The van der Waals surface area contributed by atoms with Gasteiger partial charge in [0.25, 0.3) is 0 Å². The third kappa shape index (κ3) is 5.21. The molecule has 262 valence electrons. The van der Waals surface area contributed by atoms with Gasteiger partial charge in [-0.25, -0.2) is 4.98 Å². The highest BCUT2D eigenvalue weighted by Gasteiger charge is 2.23. The molecule has 5 heteroatoms. The maximum atomic E-state index is 9.77. The van der Waals surface area contributed by atoms with Crippen molar-refractivity contribution in [1.29, 1.82) is 0 Å². The standard InChI is InChI=1S/C51H33N5/c1-4-15-34(16-5-1)36-27-29-38(30-28-36)50-52-49(37-19-8-3-9-20-37)53-51(54-50)56-46-26-13-11-24-42(46)44-32-31-43-41-23-10-12-25-45(41)55(47(43)48(44)56)40-22-14-21-39(33-40)35-17-6-2-7-18-35/h1-33H/i1D,2D,3D,4D,5D,6D,7D,8D,9D,10D,11D,12D,13D,14D,15D,16D,17D,18D,19D,20D,21D,22D,23D,24D,25D,26D,27D,28D,29D,30D,31D,32D. The molecule has 5 nitrogen and oxygen atoms in total. The molecular weight excluding hydrogens is 683 g/mol. The quantitative estimate of drug-likeness (QED) is 0.170. The van der Waals surface area contributed by atoms with Crippen molar-refractivity contribution in [1.82, 2.24) is 24.1 Å². The van der Waals surface area contributed by atoms with E-state index < -0.39 is 294 Å². The topological polar surface area (TPSA) is 48.5 Å². The zero-order chi connectivity index (χ0) is 64.9. The molecule has 0 N–H and O–H groups in total. The van der Waals surface area contributed by atoms with Crippen molar-refractivity contribution in [3.8, 4) is 56.7 Å². The predicted octanol–water partition coefficient (Wildman–Crippen LogP) is 12.7. The van der Waals surface area contributed by atoms with E-state index in [0.717, 1.165) is 15.2 Å². The summed E-state index contributed by atoms with van der Waals surface area (Å²) in [6, 6.07) is -29.6. The molecule has 0 saturated heterocycles. The molecule has 0 spiro atoms. The zero-order valence-corrected chi connectivity index (χ0v) is 27.8. The first-order valence-electron chi connectivity index (χ1n) is 32.3. The van der Waals surface area contributed by atoms with Crippen LogP contribution < -0.4 is 0 Å². The van der Waals surface area contributed by atoms with Crippen molar-refractivity contribution >= 4 is 43.6 Å². The highest BCUT2D eigenvalue weighted by Crippen LogP contribution is 2.42. The molecule has 0 aliphatic rings. The SMILES string of the molecule is [2H]c1c(-c2c([2H])c([2H])c([2H])c([2H])c2[2H])cc(-n2c3c([2H])c([2H])c([2H])c([2H])c3c3c([2H])c([2H])c4c5c([2H])c([2H])c([2H])c([2H])c5n(-c5nc(-c6c([2H])c([2H])c([2H])c([2H])c6[2H])nc(-c6c([2H])c([2H])c(-c7c([2H])c([2H])c([2H])c([2H])c7[2H])c([2H])c6[2H])n5)c4c32)c([2H])c1[2H]. The van der Waals surface area contributed by atoms with Gasteiger partial charge in [-0.3, -0.25) is 4.57 Å². The Labute approximate surface area is 368 Å². The van der Waals surface area contributed by atoms with Crippen LogP contribution in [0.3, 0.4) is 0 Å². The molecule has 3 heterocycles. The van der Waals surface area contributed by atoms with Crippen LogP contribution in [-0.4, -0.2) is 24.1 Å². The van der Waals surface area contributed by atoms with Crippen molar-refractivity contribution in [3.63, 3.8) is 0 Å². The Bertz CT molecular complexity index is 5010. The van der Waals surface area contributed by atoms with E-state index in [2.05, 4.69) is 15.0 Å². The van der Waals surface area contributed by atoms with Gasteiger partial charge in [-0.15, -0.1) is 0 Å². The van der Waals surface area contributed by atoms with Gasteiger partial charge >= 0.3 is 0 Å². The Balaban J connectivity index is 1.43. The molecule has 0 unspecified atom stereocenters. The fourth-order valence-electron chi connectivity index (χ4n) is 6.24. The summed E-state index contributed by atoms with van der Waals surface area (Å²) >= 11 is 0. The summed E-state index contributed by atoms with van der Waals surface area (Å²) < 4.78 is 288. The number of hydrogen-bond acceptors (Lipinski definition) is 3. The van der Waals surface area contributed by atoms with Crippen LogP contribution in [0.1, 0.15) is 43.9 Å². The van der Waals surface area contributed by atoms with Crippen molar-refractivity contribution in [3.05, 3.63) is 199 Å². The van der Waals surface area contributed by atoms with Crippen LogP contribution in [0.25, 0.3) is 100 Å². The Morgan fingerprint density at radius 1 is 0.321 bits per heavy atom. The monoisotopic (exact) mass is 747 g/mol. The van der Waals surface area contributed by atoms with Crippen LogP contribution in [0.2, 0.25) is 0 Å².